The monoisotopic (exact) mass is 465 g/mol. The maximum Gasteiger partial charge on any atom is 0.253 e. The Labute approximate surface area is 203 Å². The van der Waals surface area contributed by atoms with Crippen molar-refractivity contribution in [2.45, 2.75) is 76.4 Å². The van der Waals surface area contributed by atoms with Crippen molar-refractivity contribution in [2.24, 2.45) is 5.92 Å². The summed E-state index contributed by atoms with van der Waals surface area (Å²) in [6, 6.07) is 11.2. The number of nitrogens with one attached hydrogen (secondary N) is 1. The van der Waals surface area contributed by atoms with E-state index in [2.05, 4.69) is 42.1 Å². The minimum Gasteiger partial charge on any atom is -0.493 e. The highest BCUT2D eigenvalue weighted by molar-refractivity contribution is 5.95. The first kappa shape index (κ1) is 23.3. The lowest BCUT2D eigenvalue weighted by atomic mass is 9.77. The first-order valence-corrected chi connectivity index (χ1v) is 13.1. The lowest BCUT2D eigenvalue weighted by molar-refractivity contribution is 0.0512. The number of aromatic nitrogens is 1. The van der Waals surface area contributed by atoms with Crippen molar-refractivity contribution in [1.82, 2.24) is 14.8 Å². The SMILES string of the molecule is COc1cc(C(=O)N2CCC3(CC2)N[C@H]2CCCC[C@H]2n2cccc23)ccc1OCCC(C)C. The number of carbonyl (C=O) groups excluding carboxylic acids is 1. The summed E-state index contributed by atoms with van der Waals surface area (Å²) in [5, 5.41) is 4.07. The fourth-order valence-corrected chi connectivity index (χ4v) is 6.13. The second-order valence-electron chi connectivity index (χ2n) is 10.7. The molecule has 2 aromatic rings. The Hall–Kier alpha value is -2.47. The Balaban J connectivity index is 1.27. The Morgan fingerprint density at radius 2 is 1.94 bits per heavy atom. The molecule has 6 nitrogen and oxygen atoms in total. The van der Waals surface area contributed by atoms with Crippen molar-refractivity contribution < 1.29 is 14.3 Å². The van der Waals surface area contributed by atoms with E-state index in [-0.39, 0.29) is 11.4 Å². The van der Waals surface area contributed by atoms with Crippen LogP contribution < -0.4 is 14.8 Å². The molecule has 2 atom stereocenters. The summed E-state index contributed by atoms with van der Waals surface area (Å²) in [5.74, 6) is 1.98. The number of hydrogen-bond donors (Lipinski definition) is 1. The number of likely N-dealkylation sites (tertiary alicyclic amines) is 1. The number of rotatable bonds is 6. The van der Waals surface area contributed by atoms with E-state index >= 15 is 0 Å². The minimum atomic E-state index is -0.0232. The first-order chi connectivity index (χ1) is 16.5. The summed E-state index contributed by atoms with van der Waals surface area (Å²) in [5.41, 5.74) is 2.05. The number of methoxy groups -OCH3 is 1. The van der Waals surface area contributed by atoms with Gasteiger partial charge in [0.25, 0.3) is 5.91 Å². The Bertz CT molecular complexity index is 1010. The number of hydrogen-bond acceptors (Lipinski definition) is 4. The van der Waals surface area contributed by atoms with Gasteiger partial charge in [-0.05, 0) is 68.4 Å². The third-order valence-corrected chi connectivity index (χ3v) is 8.09. The molecule has 1 spiro atoms. The zero-order valence-corrected chi connectivity index (χ0v) is 20.9. The van der Waals surface area contributed by atoms with Gasteiger partial charge in [0.15, 0.2) is 11.5 Å². The summed E-state index contributed by atoms with van der Waals surface area (Å²) in [6.07, 6.45) is 10.3. The van der Waals surface area contributed by atoms with Crippen molar-refractivity contribution in [3.05, 3.63) is 47.8 Å². The molecule has 34 heavy (non-hydrogen) atoms. The van der Waals surface area contributed by atoms with Crippen molar-refractivity contribution >= 4 is 5.91 Å². The zero-order valence-electron chi connectivity index (χ0n) is 20.9. The van der Waals surface area contributed by atoms with Crippen molar-refractivity contribution in [3.63, 3.8) is 0 Å². The van der Waals surface area contributed by atoms with Crippen LogP contribution in [0.2, 0.25) is 0 Å². The predicted molar refractivity (Wildman–Crippen MR) is 134 cm³/mol. The average Bonchev–Trinajstić information content (AvgIpc) is 3.36. The number of piperidine rings is 1. The lowest BCUT2D eigenvalue weighted by Gasteiger charge is -2.52. The predicted octanol–water partition coefficient (Wildman–Crippen LogP) is 5.14. The molecule has 1 aromatic carbocycles. The Morgan fingerprint density at radius 3 is 2.71 bits per heavy atom. The van der Waals surface area contributed by atoms with E-state index in [9.17, 15) is 4.79 Å². The second-order valence-corrected chi connectivity index (χ2v) is 10.7. The first-order valence-electron chi connectivity index (χ1n) is 13.1. The van der Waals surface area contributed by atoms with Gasteiger partial charge in [-0.15, -0.1) is 0 Å². The number of fused-ring (bicyclic) bond motifs is 4. The molecule has 3 aliphatic rings. The molecule has 2 aliphatic heterocycles. The maximum absolute atomic E-state index is 13.4. The van der Waals surface area contributed by atoms with Gasteiger partial charge >= 0.3 is 0 Å². The summed E-state index contributed by atoms with van der Waals surface area (Å²) in [7, 11) is 1.63. The highest BCUT2D eigenvalue weighted by Crippen LogP contribution is 2.44. The van der Waals surface area contributed by atoms with Crippen LogP contribution in [0.25, 0.3) is 0 Å². The van der Waals surface area contributed by atoms with Crippen LogP contribution >= 0.6 is 0 Å². The molecule has 0 radical (unpaired) electrons. The lowest BCUT2D eigenvalue weighted by Crippen LogP contribution is -2.61. The molecular weight excluding hydrogens is 426 g/mol. The van der Waals surface area contributed by atoms with Gasteiger partial charge in [-0.25, -0.2) is 0 Å². The Kier molecular flexibility index (Phi) is 6.61. The van der Waals surface area contributed by atoms with Crippen LogP contribution in [0.3, 0.4) is 0 Å². The molecule has 1 amide bonds. The molecule has 0 unspecified atom stereocenters. The molecule has 1 aromatic heterocycles. The zero-order chi connectivity index (χ0) is 23.7. The minimum absolute atomic E-state index is 0.0232. The number of carbonyl (C=O) groups is 1. The molecule has 0 bridgehead atoms. The van der Waals surface area contributed by atoms with Crippen LogP contribution in [-0.4, -0.2) is 48.2 Å². The number of ether oxygens (including phenoxy) is 2. The van der Waals surface area contributed by atoms with Crippen LogP contribution in [-0.2, 0) is 5.54 Å². The smallest absolute Gasteiger partial charge is 0.253 e. The van der Waals surface area contributed by atoms with Crippen LogP contribution in [0.1, 0.15) is 80.9 Å². The summed E-state index contributed by atoms with van der Waals surface area (Å²) in [4.78, 5) is 15.4. The molecule has 3 heterocycles. The number of benzene rings is 1. The van der Waals surface area contributed by atoms with E-state index in [4.69, 9.17) is 9.47 Å². The Morgan fingerprint density at radius 1 is 1.15 bits per heavy atom. The molecule has 1 saturated carbocycles. The normalized spacial score (nSPS) is 23.5. The third-order valence-electron chi connectivity index (χ3n) is 8.09. The maximum atomic E-state index is 13.4. The van der Waals surface area contributed by atoms with Crippen molar-refractivity contribution in [1.29, 1.82) is 0 Å². The van der Waals surface area contributed by atoms with E-state index in [0.717, 1.165) is 32.4 Å². The molecule has 6 heteroatoms. The van der Waals surface area contributed by atoms with E-state index in [0.29, 0.717) is 41.7 Å². The summed E-state index contributed by atoms with van der Waals surface area (Å²) in [6.45, 7) is 6.51. The topological polar surface area (TPSA) is 55.7 Å². The van der Waals surface area contributed by atoms with E-state index in [1.165, 1.54) is 31.4 Å². The largest absolute Gasteiger partial charge is 0.493 e. The van der Waals surface area contributed by atoms with Gasteiger partial charge < -0.3 is 24.3 Å². The van der Waals surface area contributed by atoms with Gasteiger partial charge in [0, 0.05) is 42.6 Å². The van der Waals surface area contributed by atoms with Crippen LogP contribution in [0, 0.1) is 5.92 Å². The highest BCUT2D eigenvalue weighted by Gasteiger charge is 2.46. The van der Waals surface area contributed by atoms with E-state index in [1.54, 1.807) is 7.11 Å². The van der Waals surface area contributed by atoms with Gasteiger partial charge in [-0.2, -0.15) is 0 Å². The van der Waals surface area contributed by atoms with Crippen molar-refractivity contribution in [2.75, 3.05) is 26.8 Å². The molecule has 184 valence electrons. The van der Waals surface area contributed by atoms with Crippen LogP contribution in [0.5, 0.6) is 11.5 Å². The standard InChI is InChI=1S/C28H39N3O3/c1-20(2)12-18-34-24-11-10-21(19-25(24)33-3)27(32)30-16-13-28(14-17-30)26-9-6-15-31(26)23-8-5-4-7-22(23)29-28/h6,9-11,15,19-20,22-23,29H,4-5,7-8,12-14,16-18H2,1-3H3/t22-,23+/m0/s1. The molecule has 2 fully saturated rings. The second kappa shape index (κ2) is 9.65. The molecule has 1 aliphatic carbocycles. The van der Waals surface area contributed by atoms with Gasteiger partial charge in [-0.3, -0.25) is 4.79 Å². The average molecular weight is 466 g/mol. The highest BCUT2D eigenvalue weighted by atomic mass is 16.5. The quantitative estimate of drug-likeness (QED) is 0.642. The fraction of sp³-hybridized carbons (Fsp3) is 0.607. The fourth-order valence-electron chi connectivity index (χ4n) is 6.13. The number of amides is 1. The van der Waals surface area contributed by atoms with E-state index in [1.807, 2.05) is 23.1 Å². The summed E-state index contributed by atoms with van der Waals surface area (Å²) >= 11 is 0. The van der Waals surface area contributed by atoms with Crippen LogP contribution in [0.4, 0.5) is 0 Å². The molecule has 1 N–H and O–H groups in total. The third kappa shape index (κ3) is 4.33. The van der Waals surface area contributed by atoms with Gasteiger partial charge in [-0.1, -0.05) is 26.7 Å². The van der Waals surface area contributed by atoms with Gasteiger partial charge in [0.2, 0.25) is 0 Å². The molecule has 1 saturated heterocycles. The number of nitrogens with zero attached hydrogens (tertiary/aromatic N) is 2. The van der Waals surface area contributed by atoms with Crippen molar-refractivity contribution in [3.8, 4) is 11.5 Å². The van der Waals surface area contributed by atoms with E-state index < -0.39 is 0 Å². The van der Waals surface area contributed by atoms with Crippen LogP contribution in [0.15, 0.2) is 36.5 Å². The molecular formula is C28H39N3O3. The summed E-state index contributed by atoms with van der Waals surface area (Å²) < 4.78 is 14.0. The van der Waals surface area contributed by atoms with Gasteiger partial charge in [0.05, 0.1) is 19.3 Å². The molecule has 5 rings (SSSR count). The van der Waals surface area contributed by atoms with Gasteiger partial charge in [0.1, 0.15) is 0 Å².